The fourth-order valence-electron chi connectivity index (χ4n) is 2.81. The van der Waals surface area contributed by atoms with Gasteiger partial charge < -0.3 is 9.90 Å². The van der Waals surface area contributed by atoms with Gasteiger partial charge in [0.1, 0.15) is 0 Å². The molecule has 0 bridgehead atoms. The van der Waals surface area contributed by atoms with Crippen molar-refractivity contribution >= 4 is 16.0 Å². The van der Waals surface area contributed by atoms with Crippen LogP contribution in [0.3, 0.4) is 0 Å². The summed E-state index contributed by atoms with van der Waals surface area (Å²) in [7, 11) is -3.71. The summed E-state index contributed by atoms with van der Waals surface area (Å²) in [6, 6.07) is 5.15. The summed E-state index contributed by atoms with van der Waals surface area (Å²) in [5.74, 6) is -0.648. The van der Waals surface area contributed by atoms with Crippen LogP contribution in [0.1, 0.15) is 43.5 Å². The lowest BCUT2D eigenvalue weighted by atomic mass is 9.78. The van der Waals surface area contributed by atoms with Crippen LogP contribution in [0.25, 0.3) is 0 Å². The molecule has 1 fully saturated rings. The number of carbonyl (C=O) groups excluding carboxylic acids is 1. The molecule has 1 aliphatic carbocycles. The van der Waals surface area contributed by atoms with Crippen LogP contribution in [0.15, 0.2) is 29.2 Å². The van der Waals surface area contributed by atoms with Crippen LogP contribution in [0, 0.1) is 11.8 Å². The first kappa shape index (κ1) is 16.0. The van der Waals surface area contributed by atoms with Crippen molar-refractivity contribution in [1.29, 1.82) is 0 Å². The van der Waals surface area contributed by atoms with Crippen molar-refractivity contribution in [3.05, 3.63) is 29.8 Å². The van der Waals surface area contributed by atoms with E-state index in [1.54, 1.807) is 0 Å². The Labute approximate surface area is 125 Å². The number of nitrogens with one attached hydrogen (secondary N) is 1. The Kier molecular flexibility index (Phi) is 4.68. The third kappa shape index (κ3) is 3.63. The number of benzene rings is 1. The SMILES string of the molecule is C[C@H]1[C@@H](C)CCC[C@H]1NS(=O)(=O)c1cccc(C(=O)[O-])c1. The quantitative estimate of drug-likeness (QED) is 0.904. The second-order valence-electron chi connectivity index (χ2n) is 5.81. The average molecular weight is 310 g/mol. The van der Waals surface area contributed by atoms with Gasteiger partial charge in [0.05, 0.1) is 10.9 Å². The van der Waals surface area contributed by atoms with E-state index < -0.39 is 16.0 Å². The lowest BCUT2D eigenvalue weighted by Gasteiger charge is -2.34. The van der Waals surface area contributed by atoms with E-state index in [0.29, 0.717) is 5.92 Å². The van der Waals surface area contributed by atoms with Gasteiger partial charge in [0.15, 0.2) is 0 Å². The Morgan fingerprint density at radius 2 is 2.00 bits per heavy atom. The predicted molar refractivity (Wildman–Crippen MR) is 77.1 cm³/mol. The molecule has 1 saturated carbocycles. The molecule has 3 atom stereocenters. The first-order valence-corrected chi connectivity index (χ1v) is 8.63. The maximum absolute atomic E-state index is 12.4. The Hall–Kier alpha value is -1.40. The van der Waals surface area contributed by atoms with Gasteiger partial charge in [-0.1, -0.05) is 38.8 Å². The summed E-state index contributed by atoms with van der Waals surface area (Å²) in [6.07, 6.45) is 2.92. The molecule has 5 nitrogen and oxygen atoms in total. The topological polar surface area (TPSA) is 86.3 Å². The van der Waals surface area contributed by atoms with E-state index in [2.05, 4.69) is 18.6 Å². The van der Waals surface area contributed by atoms with Gasteiger partial charge in [-0.3, -0.25) is 0 Å². The Morgan fingerprint density at radius 1 is 1.29 bits per heavy atom. The molecule has 0 heterocycles. The number of carboxylic acids is 1. The summed E-state index contributed by atoms with van der Waals surface area (Å²) in [6.45, 7) is 4.18. The molecule has 1 aromatic rings. The van der Waals surface area contributed by atoms with Crippen LogP contribution < -0.4 is 9.83 Å². The predicted octanol–water partition coefficient (Wildman–Crippen LogP) is 1.15. The fraction of sp³-hybridized carbons (Fsp3) is 0.533. The normalized spacial score (nSPS) is 26.5. The number of aromatic carboxylic acids is 1. The van der Waals surface area contributed by atoms with Gasteiger partial charge in [-0.15, -0.1) is 0 Å². The summed E-state index contributed by atoms with van der Waals surface area (Å²) in [5, 5.41) is 10.8. The van der Waals surface area contributed by atoms with E-state index in [1.165, 1.54) is 18.2 Å². The molecular weight excluding hydrogens is 290 g/mol. The molecule has 21 heavy (non-hydrogen) atoms. The number of hydrogen-bond acceptors (Lipinski definition) is 4. The minimum absolute atomic E-state index is 0.0328. The molecule has 1 aromatic carbocycles. The minimum atomic E-state index is -3.71. The molecule has 0 spiro atoms. The fourth-order valence-corrected chi connectivity index (χ4v) is 4.21. The minimum Gasteiger partial charge on any atom is -0.545 e. The molecule has 1 aliphatic rings. The monoisotopic (exact) mass is 310 g/mol. The van der Waals surface area contributed by atoms with E-state index >= 15 is 0 Å². The molecule has 1 N–H and O–H groups in total. The van der Waals surface area contributed by atoms with Crippen LogP contribution in [0.4, 0.5) is 0 Å². The molecule has 2 rings (SSSR count). The molecular formula is C15H20NO4S-. The molecule has 0 radical (unpaired) electrons. The van der Waals surface area contributed by atoms with Gasteiger partial charge in [0, 0.05) is 6.04 Å². The highest BCUT2D eigenvalue weighted by atomic mass is 32.2. The van der Waals surface area contributed by atoms with Crippen molar-refractivity contribution in [2.24, 2.45) is 11.8 Å². The molecule has 6 heteroatoms. The highest BCUT2D eigenvalue weighted by Crippen LogP contribution is 2.30. The number of carboxylic acid groups (broad SMARTS) is 1. The lowest BCUT2D eigenvalue weighted by Crippen LogP contribution is -2.43. The van der Waals surface area contributed by atoms with Crippen molar-refractivity contribution in [1.82, 2.24) is 4.72 Å². The second kappa shape index (κ2) is 6.15. The molecule has 116 valence electrons. The van der Waals surface area contributed by atoms with E-state index in [4.69, 9.17) is 0 Å². The van der Waals surface area contributed by atoms with Gasteiger partial charge >= 0.3 is 0 Å². The first-order valence-electron chi connectivity index (χ1n) is 7.15. The van der Waals surface area contributed by atoms with Crippen LogP contribution in [-0.4, -0.2) is 20.4 Å². The van der Waals surface area contributed by atoms with Crippen LogP contribution in [0.5, 0.6) is 0 Å². The van der Waals surface area contributed by atoms with Crippen LogP contribution >= 0.6 is 0 Å². The van der Waals surface area contributed by atoms with Crippen LogP contribution in [0.2, 0.25) is 0 Å². The van der Waals surface area contributed by atoms with Crippen molar-refractivity contribution in [2.75, 3.05) is 0 Å². The maximum atomic E-state index is 12.4. The molecule has 0 saturated heterocycles. The highest BCUT2D eigenvalue weighted by Gasteiger charge is 2.30. The van der Waals surface area contributed by atoms with Crippen molar-refractivity contribution in [3.63, 3.8) is 0 Å². The van der Waals surface area contributed by atoms with E-state index in [0.717, 1.165) is 25.3 Å². The molecule has 0 aliphatic heterocycles. The van der Waals surface area contributed by atoms with E-state index in [9.17, 15) is 18.3 Å². The van der Waals surface area contributed by atoms with Gasteiger partial charge in [0.2, 0.25) is 10.0 Å². The average Bonchev–Trinajstić information content (AvgIpc) is 2.44. The van der Waals surface area contributed by atoms with Crippen molar-refractivity contribution < 1.29 is 18.3 Å². The summed E-state index contributed by atoms with van der Waals surface area (Å²) >= 11 is 0. The Balaban J connectivity index is 2.22. The number of sulfonamides is 1. The zero-order valence-electron chi connectivity index (χ0n) is 12.2. The number of hydrogen-bond donors (Lipinski definition) is 1. The third-order valence-electron chi connectivity index (χ3n) is 4.39. The van der Waals surface area contributed by atoms with E-state index in [-0.39, 0.29) is 22.4 Å². The van der Waals surface area contributed by atoms with E-state index in [1.807, 2.05) is 0 Å². The summed E-state index contributed by atoms with van der Waals surface area (Å²) < 4.78 is 27.5. The second-order valence-corrected chi connectivity index (χ2v) is 7.52. The standard InChI is InChI=1S/C15H21NO4S/c1-10-5-3-8-14(11(10)2)16-21(19,20)13-7-4-6-12(9-13)15(17)18/h4,6-7,9-11,14,16H,3,5,8H2,1-2H3,(H,17,18)/p-1/t10-,11-,14+/m0/s1. The smallest absolute Gasteiger partial charge is 0.240 e. The number of rotatable bonds is 4. The zero-order chi connectivity index (χ0) is 15.6. The van der Waals surface area contributed by atoms with Crippen LogP contribution in [-0.2, 0) is 10.0 Å². The van der Waals surface area contributed by atoms with Gasteiger partial charge in [-0.25, -0.2) is 13.1 Å². The zero-order valence-corrected chi connectivity index (χ0v) is 13.0. The summed E-state index contributed by atoms with van der Waals surface area (Å²) in [4.78, 5) is 10.8. The molecule has 0 amide bonds. The van der Waals surface area contributed by atoms with Crippen molar-refractivity contribution in [3.8, 4) is 0 Å². The first-order chi connectivity index (χ1) is 9.81. The Morgan fingerprint density at radius 3 is 2.67 bits per heavy atom. The maximum Gasteiger partial charge on any atom is 0.240 e. The molecule has 0 unspecified atom stereocenters. The Bertz CT molecular complexity index is 626. The molecule has 0 aromatic heterocycles. The number of carbonyl (C=O) groups is 1. The van der Waals surface area contributed by atoms with Gasteiger partial charge in [-0.2, -0.15) is 0 Å². The highest BCUT2D eigenvalue weighted by molar-refractivity contribution is 7.89. The summed E-state index contributed by atoms with van der Waals surface area (Å²) in [5.41, 5.74) is -0.136. The van der Waals surface area contributed by atoms with Gasteiger partial charge in [0.25, 0.3) is 0 Å². The lowest BCUT2D eigenvalue weighted by molar-refractivity contribution is -0.255. The largest absolute Gasteiger partial charge is 0.545 e. The van der Waals surface area contributed by atoms with Crippen molar-refractivity contribution in [2.45, 2.75) is 44.0 Å². The third-order valence-corrected chi connectivity index (χ3v) is 5.88. The van der Waals surface area contributed by atoms with Gasteiger partial charge in [-0.05, 0) is 36.0 Å².